The number of hydrogen-bond donors (Lipinski definition) is 2. The summed E-state index contributed by atoms with van der Waals surface area (Å²) in [7, 11) is 0. The third-order valence-corrected chi connectivity index (χ3v) is 5.22. The Labute approximate surface area is 162 Å². The second-order valence-electron chi connectivity index (χ2n) is 7.26. The van der Waals surface area contributed by atoms with Gasteiger partial charge in [-0.25, -0.2) is 4.39 Å². The van der Waals surface area contributed by atoms with Gasteiger partial charge in [0.1, 0.15) is 17.7 Å². The van der Waals surface area contributed by atoms with E-state index in [4.69, 9.17) is 4.74 Å². The maximum Gasteiger partial charge on any atom is 0.248 e. The summed E-state index contributed by atoms with van der Waals surface area (Å²) >= 11 is 0. The molecule has 2 aromatic carbocycles. The van der Waals surface area contributed by atoms with E-state index in [0.717, 1.165) is 48.1 Å². The van der Waals surface area contributed by atoms with Crippen LogP contribution in [0.4, 0.5) is 4.39 Å². The highest BCUT2D eigenvalue weighted by Crippen LogP contribution is 2.24. The number of ether oxygens (including phenoxy) is 1. The summed E-state index contributed by atoms with van der Waals surface area (Å²) in [5, 5.41) is 11.3. The second-order valence-corrected chi connectivity index (χ2v) is 7.26. The van der Waals surface area contributed by atoms with Crippen LogP contribution >= 0.6 is 0 Å². The molecule has 0 aliphatic carbocycles. The third-order valence-electron chi connectivity index (χ3n) is 5.22. The van der Waals surface area contributed by atoms with E-state index in [0.29, 0.717) is 6.54 Å². The Morgan fingerprint density at radius 3 is 2.61 bits per heavy atom. The van der Waals surface area contributed by atoms with Gasteiger partial charge in [0.25, 0.3) is 0 Å². The van der Waals surface area contributed by atoms with E-state index in [9.17, 15) is 14.3 Å². The molecule has 1 fully saturated rings. The first kappa shape index (κ1) is 18.7. The number of aliphatic hydroxyl groups is 1. The number of pyridine rings is 1. The Kier molecular flexibility index (Phi) is 5.41. The molecule has 0 unspecified atom stereocenters. The lowest BCUT2D eigenvalue weighted by atomic mass is 10.0. The number of likely N-dealkylation sites (tertiary alicyclic amines) is 1. The summed E-state index contributed by atoms with van der Waals surface area (Å²) in [6.45, 7) is 2.20. The smallest absolute Gasteiger partial charge is 0.248 e. The molecule has 1 aromatic heterocycles. The molecule has 2 N–H and O–H groups in total. The summed E-state index contributed by atoms with van der Waals surface area (Å²) in [4.78, 5) is 16.4. The molecule has 0 bridgehead atoms. The maximum absolute atomic E-state index is 13.0. The number of aromatic amines is 1. The van der Waals surface area contributed by atoms with E-state index in [2.05, 4.69) is 9.88 Å². The standard InChI is InChI=1S/C22H23FN2O3/c23-17-4-1-15(2-5-17)21(26)14-25-11-9-18(10-12-25)28-19-6-7-20-16(13-19)3-8-22(27)24-20/h1-8,13,18,21,26H,9-12,14H2,(H,24,27)/t21-/m0/s1. The highest BCUT2D eigenvalue weighted by atomic mass is 19.1. The van der Waals surface area contributed by atoms with Crippen molar-refractivity contribution in [3.8, 4) is 5.75 Å². The Balaban J connectivity index is 1.31. The van der Waals surface area contributed by atoms with Gasteiger partial charge >= 0.3 is 0 Å². The molecule has 1 aliphatic rings. The first-order valence-electron chi connectivity index (χ1n) is 9.52. The monoisotopic (exact) mass is 382 g/mol. The van der Waals surface area contributed by atoms with Crippen LogP contribution in [0.2, 0.25) is 0 Å². The molecular formula is C22H23FN2O3. The number of halogens is 1. The molecule has 2 heterocycles. The number of rotatable bonds is 5. The van der Waals surface area contributed by atoms with Gasteiger partial charge in [-0.1, -0.05) is 12.1 Å². The predicted octanol–water partition coefficient (Wildman–Crippen LogP) is 3.24. The highest BCUT2D eigenvalue weighted by Gasteiger charge is 2.22. The van der Waals surface area contributed by atoms with Crippen molar-refractivity contribution >= 4 is 10.9 Å². The molecule has 0 spiro atoms. The van der Waals surface area contributed by atoms with Crippen LogP contribution in [0.1, 0.15) is 24.5 Å². The van der Waals surface area contributed by atoms with Gasteiger partial charge in [0.15, 0.2) is 0 Å². The molecule has 1 atom stereocenters. The number of piperidine rings is 1. The minimum Gasteiger partial charge on any atom is -0.490 e. The summed E-state index contributed by atoms with van der Waals surface area (Å²) in [6, 6.07) is 15.0. The van der Waals surface area contributed by atoms with E-state index in [1.807, 2.05) is 18.2 Å². The lowest BCUT2D eigenvalue weighted by molar-refractivity contribution is 0.0610. The summed E-state index contributed by atoms with van der Waals surface area (Å²) in [5.74, 6) is 0.498. The predicted molar refractivity (Wildman–Crippen MR) is 106 cm³/mol. The van der Waals surface area contributed by atoms with E-state index in [1.54, 1.807) is 18.2 Å². The molecule has 1 saturated heterocycles. The number of benzene rings is 2. The number of nitrogens with one attached hydrogen (secondary N) is 1. The number of fused-ring (bicyclic) bond motifs is 1. The molecule has 0 amide bonds. The van der Waals surface area contributed by atoms with Crippen molar-refractivity contribution < 1.29 is 14.2 Å². The largest absolute Gasteiger partial charge is 0.490 e. The first-order valence-corrected chi connectivity index (χ1v) is 9.52. The van der Waals surface area contributed by atoms with Crippen LogP contribution in [0.15, 0.2) is 59.4 Å². The average molecular weight is 382 g/mol. The normalized spacial score (nSPS) is 16.9. The zero-order chi connectivity index (χ0) is 19.5. The molecule has 5 nitrogen and oxygen atoms in total. The molecule has 3 aromatic rings. The highest BCUT2D eigenvalue weighted by molar-refractivity contribution is 5.79. The van der Waals surface area contributed by atoms with Crippen LogP contribution in [0.25, 0.3) is 10.9 Å². The molecular weight excluding hydrogens is 359 g/mol. The fourth-order valence-electron chi connectivity index (χ4n) is 3.64. The van der Waals surface area contributed by atoms with E-state index in [-0.39, 0.29) is 17.5 Å². The van der Waals surface area contributed by atoms with Crippen LogP contribution in [0, 0.1) is 5.82 Å². The zero-order valence-corrected chi connectivity index (χ0v) is 15.5. The average Bonchev–Trinajstić information content (AvgIpc) is 2.70. The van der Waals surface area contributed by atoms with Gasteiger partial charge in [-0.2, -0.15) is 0 Å². The number of hydrogen-bond acceptors (Lipinski definition) is 4. The maximum atomic E-state index is 13.0. The van der Waals surface area contributed by atoms with Gasteiger partial charge in [0, 0.05) is 36.6 Å². The third kappa shape index (κ3) is 4.40. The molecule has 1 aliphatic heterocycles. The fraction of sp³-hybridized carbons (Fsp3) is 0.318. The van der Waals surface area contributed by atoms with Gasteiger partial charge in [0.05, 0.1) is 6.10 Å². The minimum atomic E-state index is -0.624. The number of aliphatic hydroxyl groups excluding tert-OH is 1. The van der Waals surface area contributed by atoms with Crippen LogP contribution < -0.4 is 10.3 Å². The van der Waals surface area contributed by atoms with Gasteiger partial charge in [-0.3, -0.25) is 4.79 Å². The topological polar surface area (TPSA) is 65.6 Å². The van der Waals surface area contributed by atoms with Gasteiger partial charge in [-0.05, 0) is 54.8 Å². The van der Waals surface area contributed by atoms with Gasteiger partial charge in [-0.15, -0.1) is 0 Å². The molecule has 0 radical (unpaired) electrons. The SMILES string of the molecule is O=c1ccc2cc(OC3CCN(C[C@H](O)c4ccc(F)cc4)CC3)ccc2[nH]1. The zero-order valence-electron chi connectivity index (χ0n) is 15.5. The molecule has 0 saturated carbocycles. The van der Waals surface area contributed by atoms with Crippen molar-refractivity contribution in [3.63, 3.8) is 0 Å². The number of aromatic nitrogens is 1. The Hall–Kier alpha value is -2.70. The Morgan fingerprint density at radius 2 is 1.86 bits per heavy atom. The number of H-pyrrole nitrogens is 1. The summed E-state index contributed by atoms with van der Waals surface area (Å²) in [5.41, 5.74) is 1.41. The second kappa shape index (κ2) is 8.12. The van der Waals surface area contributed by atoms with Crippen molar-refractivity contribution in [2.24, 2.45) is 0 Å². The van der Waals surface area contributed by atoms with Crippen molar-refractivity contribution in [1.82, 2.24) is 9.88 Å². The number of β-amino-alcohol motifs (C(OH)–C–C–N with tert-alkyl or cyclic N) is 1. The lowest BCUT2D eigenvalue weighted by Crippen LogP contribution is -2.40. The minimum absolute atomic E-state index is 0.114. The fourth-order valence-corrected chi connectivity index (χ4v) is 3.64. The van der Waals surface area contributed by atoms with Crippen LogP contribution in [-0.4, -0.2) is 40.7 Å². The van der Waals surface area contributed by atoms with Gasteiger partial charge in [0.2, 0.25) is 5.56 Å². The summed E-state index contributed by atoms with van der Waals surface area (Å²) in [6.07, 6.45) is 1.25. The van der Waals surface area contributed by atoms with Crippen molar-refractivity contribution in [3.05, 3.63) is 76.3 Å². The van der Waals surface area contributed by atoms with E-state index < -0.39 is 6.10 Å². The van der Waals surface area contributed by atoms with Crippen molar-refractivity contribution in [1.29, 1.82) is 0 Å². The van der Waals surface area contributed by atoms with Crippen molar-refractivity contribution in [2.75, 3.05) is 19.6 Å². The van der Waals surface area contributed by atoms with Crippen LogP contribution in [0.3, 0.4) is 0 Å². The van der Waals surface area contributed by atoms with E-state index >= 15 is 0 Å². The molecule has 28 heavy (non-hydrogen) atoms. The Morgan fingerprint density at radius 1 is 1.11 bits per heavy atom. The van der Waals surface area contributed by atoms with Crippen LogP contribution in [-0.2, 0) is 0 Å². The summed E-state index contributed by atoms with van der Waals surface area (Å²) < 4.78 is 19.1. The van der Waals surface area contributed by atoms with Gasteiger partial charge < -0.3 is 19.7 Å². The number of nitrogens with zero attached hydrogens (tertiary/aromatic N) is 1. The first-order chi connectivity index (χ1) is 13.6. The van der Waals surface area contributed by atoms with E-state index in [1.165, 1.54) is 18.2 Å². The Bertz CT molecular complexity index is 995. The molecule has 146 valence electrons. The molecule has 6 heteroatoms. The van der Waals surface area contributed by atoms with Crippen LogP contribution in [0.5, 0.6) is 5.75 Å². The lowest BCUT2D eigenvalue weighted by Gasteiger charge is -2.33. The quantitative estimate of drug-likeness (QED) is 0.711. The van der Waals surface area contributed by atoms with Crippen molar-refractivity contribution in [2.45, 2.75) is 25.0 Å². The molecule has 4 rings (SSSR count).